The average molecular weight is 311 g/mol. The Labute approximate surface area is 126 Å². The molecule has 0 aliphatic carbocycles. The van der Waals surface area contributed by atoms with Crippen molar-refractivity contribution in [3.63, 3.8) is 0 Å². The average Bonchev–Trinajstić information content (AvgIpc) is 2.88. The molecule has 9 heteroatoms. The molecule has 0 aromatic carbocycles. The third-order valence-corrected chi connectivity index (χ3v) is 3.96. The van der Waals surface area contributed by atoms with Crippen molar-refractivity contribution in [2.75, 3.05) is 5.75 Å². The Morgan fingerprint density at radius 1 is 1.57 bits per heavy atom. The van der Waals surface area contributed by atoms with Crippen LogP contribution in [0, 0.1) is 0 Å². The number of carbonyl (C=O) groups is 3. The summed E-state index contributed by atoms with van der Waals surface area (Å²) in [5, 5.41) is 13.2. The van der Waals surface area contributed by atoms with Crippen LogP contribution in [0.1, 0.15) is 32.7 Å². The van der Waals surface area contributed by atoms with E-state index in [1.54, 1.807) is 6.33 Å². The van der Waals surface area contributed by atoms with Crippen molar-refractivity contribution in [2.24, 2.45) is 0 Å². The molecule has 21 heavy (non-hydrogen) atoms. The Kier molecular flexibility index (Phi) is 4.94. The SMILES string of the molecule is CC(C)n1cnnc1SCC(=O)NC1CCC(=O)NC1=O. The van der Waals surface area contributed by atoms with Crippen LogP contribution in [0.15, 0.2) is 11.5 Å². The fourth-order valence-electron chi connectivity index (χ4n) is 1.89. The lowest BCUT2D eigenvalue weighted by Gasteiger charge is -2.21. The molecular formula is C12H17N5O3S. The standard InChI is InChI=1S/C12H17N5O3S/c1-7(2)17-6-13-16-12(17)21-5-10(19)14-8-3-4-9(18)15-11(8)20/h6-8H,3-5H2,1-2H3,(H,14,19)(H,15,18,20). The highest BCUT2D eigenvalue weighted by molar-refractivity contribution is 7.99. The van der Waals surface area contributed by atoms with Crippen molar-refractivity contribution in [3.05, 3.63) is 6.33 Å². The topological polar surface area (TPSA) is 106 Å². The van der Waals surface area contributed by atoms with Crippen LogP contribution in [0.5, 0.6) is 0 Å². The first kappa shape index (κ1) is 15.5. The van der Waals surface area contributed by atoms with E-state index in [0.29, 0.717) is 11.6 Å². The van der Waals surface area contributed by atoms with E-state index >= 15 is 0 Å². The van der Waals surface area contributed by atoms with Crippen LogP contribution in [-0.4, -0.2) is 44.3 Å². The predicted molar refractivity (Wildman–Crippen MR) is 75.4 cm³/mol. The van der Waals surface area contributed by atoms with E-state index in [1.807, 2.05) is 18.4 Å². The first-order chi connectivity index (χ1) is 9.97. The zero-order valence-corrected chi connectivity index (χ0v) is 12.6. The van der Waals surface area contributed by atoms with Gasteiger partial charge >= 0.3 is 0 Å². The number of thioether (sulfide) groups is 1. The van der Waals surface area contributed by atoms with Gasteiger partial charge in [0.15, 0.2) is 5.16 Å². The molecule has 1 saturated heterocycles. The molecule has 1 aromatic rings. The smallest absolute Gasteiger partial charge is 0.249 e. The molecule has 1 aromatic heterocycles. The second-order valence-electron chi connectivity index (χ2n) is 4.97. The van der Waals surface area contributed by atoms with Gasteiger partial charge in [-0.1, -0.05) is 11.8 Å². The van der Waals surface area contributed by atoms with E-state index in [-0.39, 0.29) is 30.0 Å². The van der Waals surface area contributed by atoms with Crippen molar-refractivity contribution in [1.29, 1.82) is 0 Å². The minimum Gasteiger partial charge on any atom is -0.344 e. The van der Waals surface area contributed by atoms with E-state index in [0.717, 1.165) is 0 Å². The molecule has 2 heterocycles. The Morgan fingerprint density at radius 2 is 2.33 bits per heavy atom. The summed E-state index contributed by atoms with van der Waals surface area (Å²) in [6.45, 7) is 3.99. The van der Waals surface area contributed by atoms with Gasteiger partial charge in [-0.2, -0.15) is 0 Å². The molecule has 2 N–H and O–H groups in total. The molecule has 3 amide bonds. The van der Waals surface area contributed by atoms with Crippen molar-refractivity contribution in [3.8, 4) is 0 Å². The maximum atomic E-state index is 11.9. The van der Waals surface area contributed by atoms with Crippen LogP contribution in [0.25, 0.3) is 0 Å². The number of carbonyl (C=O) groups excluding carboxylic acids is 3. The summed E-state index contributed by atoms with van der Waals surface area (Å²) in [5.41, 5.74) is 0. The van der Waals surface area contributed by atoms with Gasteiger partial charge < -0.3 is 9.88 Å². The number of imide groups is 1. The van der Waals surface area contributed by atoms with Gasteiger partial charge in [-0.15, -0.1) is 10.2 Å². The summed E-state index contributed by atoms with van der Waals surface area (Å²) >= 11 is 1.26. The van der Waals surface area contributed by atoms with Gasteiger partial charge in [0.25, 0.3) is 0 Å². The summed E-state index contributed by atoms with van der Waals surface area (Å²) in [6, 6.07) is -0.431. The molecular weight excluding hydrogens is 294 g/mol. The lowest BCUT2D eigenvalue weighted by molar-refractivity contribution is -0.136. The summed E-state index contributed by atoms with van der Waals surface area (Å²) in [6.07, 6.45) is 2.19. The number of hydrogen-bond acceptors (Lipinski definition) is 6. The van der Waals surface area contributed by atoms with Gasteiger partial charge in [0.1, 0.15) is 12.4 Å². The molecule has 0 saturated carbocycles. The molecule has 114 valence electrons. The Balaban J connectivity index is 1.83. The second-order valence-corrected chi connectivity index (χ2v) is 5.92. The van der Waals surface area contributed by atoms with E-state index in [1.165, 1.54) is 11.8 Å². The Morgan fingerprint density at radius 3 is 3.00 bits per heavy atom. The van der Waals surface area contributed by atoms with Crippen LogP contribution in [0.3, 0.4) is 0 Å². The van der Waals surface area contributed by atoms with Gasteiger partial charge in [0.2, 0.25) is 17.7 Å². The lowest BCUT2D eigenvalue weighted by Crippen LogP contribution is -2.52. The molecule has 0 bridgehead atoms. The molecule has 1 unspecified atom stereocenters. The highest BCUT2D eigenvalue weighted by Gasteiger charge is 2.27. The van der Waals surface area contributed by atoms with Crippen LogP contribution in [0.4, 0.5) is 0 Å². The third-order valence-electron chi connectivity index (χ3n) is 3.00. The van der Waals surface area contributed by atoms with E-state index < -0.39 is 11.9 Å². The van der Waals surface area contributed by atoms with Gasteiger partial charge in [0.05, 0.1) is 5.75 Å². The molecule has 0 spiro atoms. The highest BCUT2D eigenvalue weighted by atomic mass is 32.2. The Bertz CT molecular complexity index is 557. The van der Waals surface area contributed by atoms with Crippen LogP contribution >= 0.6 is 11.8 Å². The zero-order valence-electron chi connectivity index (χ0n) is 11.8. The molecule has 1 atom stereocenters. The number of nitrogens with zero attached hydrogens (tertiary/aromatic N) is 3. The van der Waals surface area contributed by atoms with E-state index in [4.69, 9.17) is 0 Å². The fraction of sp³-hybridized carbons (Fsp3) is 0.583. The van der Waals surface area contributed by atoms with Gasteiger partial charge in [-0.3, -0.25) is 19.7 Å². The van der Waals surface area contributed by atoms with Crippen LogP contribution in [-0.2, 0) is 14.4 Å². The van der Waals surface area contributed by atoms with Gasteiger partial charge in [-0.25, -0.2) is 0 Å². The number of piperidine rings is 1. The van der Waals surface area contributed by atoms with Crippen molar-refractivity contribution >= 4 is 29.5 Å². The molecule has 1 aliphatic rings. The second kappa shape index (κ2) is 6.70. The number of aromatic nitrogens is 3. The number of rotatable bonds is 5. The highest BCUT2D eigenvalue weighted by Crippen LogP contribution is 2.18. The van der Waals surface area contributed by atoms with Gasteiger partial charge in [-0.05, 0) is 20.3 Å². The first-order valence-corrected chi connectivity index (χ1v) is 7.61. The molecule has 2 rings (SSSR count). The molecule has 1 aliphatic heterocycles. The van der Waals surface area contributed by atoms with Crippen molar-refractivity contribution < 1.29 is 14.4 Å². The minimum absolute atomic E-state index is 0.142. The maximum absolute atomic E-state index is 11.9. The quantitative estimate of drug-likeness (QED) is 0.580. The molecule has 1 fully saturated rings. The lowest BCUT2D eigenvalue weighted by atomic mass is 10.1. The molecule has 8 nitrogen and oxygen atoms in total. The largest absolute Gasteiger partial charge is 0.344 e. The summed E-state index contributed by atoms with van der Waals surface area (Å²) in [7, 11) is 0. The summed E-state index contributed by atoms with van der Waals surface area (Å²) in [5.74, 6) is -0.879. The monoisotopic (exact) mass is 311 g/mol. The van der Waals surface area contributed by atoms with Gasteiger partial charge in [0, 0.05) is 12.5 Å². The summed E-state index contributed by atoms with van der Waals surface area (Å²) in [4.78, 5) is 34.4. The zero-order chi connectivity index (χ0) is 15.4. The van der Waals surface area contributed by atoms with Crippen LogP contribution < -0.4 is 10.6 Å². The van der Waals surface area contributed by atoms with Crippen LogP contribution in [0.2, 0.25) is 0 Å². The third kappa shape index (κ3) is 4.03. The van der Waals surface area contributed by atoms with Crippen molar-refractivity contribution in [2.45, 2.75) is 43.9 Å². The first-order valence-electron chi connectivity index (χ1n) is 6.62. The van der Waals surface area contributed by atoms with E-state index in [2.05, 4.69) is 20.8 Å². The fourth-order valence-corrected chi connectivity index (χ4v) is 2.74. The number of nitrogens with one attached hydrogen (secondary N) is 2. The predicted octanol–water partition coefficient (Wildman–Crippen LogP) is -0.127. The number of hydrogen-bond donors (Lipinski definition) is 2. The maximum Gasteiger partial charge on any atom is 0.249 e. The normalized spacial score (nSPS) is 18.7. The van der Waals surface area contributed by atoms with Crippen molar-refractivity contribution in [1.82, 2.24) is 25.4 Å². The Hall–Kier alpha value is -1.90. The molecule has 0 radical (unpaired) electrons. The number of amides is 3. The minimum atomic E-state index is -0.640. The summed E-state index contributed by atoms with van der Waals surface area (Å²) < 4.78 is 1.87. The van der Waals surface area contributed by atoms with E-state index in [9.17, 15) is 14.4 Å².